The molecule has 1 saturated heterocycles. The van der Waals surface area contributed by atoms with Gasteiger partial charge >= 0.3 is 0 Å². The van der Waals surface area contributed by atoms with Crippen molar-refractivity contribution in [1.82, 2.24) is 10.1 Å². The van der Waals surface area contributed by atoms with E-state index in [1.165, 1.54) is 0 Å². The number of ether oxygens (including phenoxy) is 3. The number of aliphatic hydroxyl groups is 1. The minimum atomic E-state index is -0.853. The predicted molar refractivity (Wildman–Crippen MR) is 115 cm³/mol. The molecule has 0 spiro atoms. The third-order valence-corrected chi connectivity index (χ3v) is 5.74. The molecule has 1 aromatic heterocycles. The second kappa shape index (κ2) is 8.55. The number of piperidine rings is 1. The number of nitrogens with zero attached hydrogens (tertiary/aromatic N) is 2. The Morgan fingerprint density at radius 1 is 1.12 bits per heavy atom. The van der Waals surface area contributed by atoms with Crippen LogP contribution in [0.3, 0.4) is 0 Å². The van der Waals surface area contributed by atoms with Crippen molar-refractivity contribution in [2.45, 2.75) is 25.6 Å². The van der Waals surface area contributed by atoms with Gasteiger partial charge in [0.2, 0.25) is 5.75 Å². The summed E-state index contributed by atoms with van der Waals surface area (Å²) in [7, 11) is 0. The van der Waals surface area contributed by atoms with Gasteiger partial charge in [0.1, 0.15) is 42.4 Å². The van der Waals surface area contributed by atoms with Crippen molar-refractivity contribution in [3.05, 3.63) is 59.9 Å². The fraction of sp³-hybridized carbons (Fsp3) is 0.333. The molecular formula is C24H24N2O6. The van der Waals surface area contributed by atoms with Gasteiger partial charge in [-0.05, 0) is 19.1 Å². The summed E-state index contributed by atoms with van der Waals surface area (Å²) in [4.78, 5) is 14.9. The summed E-state index contributed by atoms with van der Waals surface area (Å²) >= 11 is 0. The molecule has 0 radical (unpaired) electrons. The van der Waals surface area contributed by atoms with E-state index < -0.39 is 12.2 Å². The number of hydrogen-bond donors (Lipinski definition) is 1. The van der Waals surface area contributed by atoms with Crippen LogP contribution in [0.5, 0.6) is 17.2 Å². The fourth-order valence-electron chi connectivity index (χ4n) is 4.11. The largest absolute Gasteiger partial charge is 0.486 e. The average Bonchev–Trinajstić information content (AvgIpc) is 3.22. The Bertz CT molecular complexity index is 1110. The fourth-order valence-corrected chi connectivity index (χ4v) is 4.11. The molecule has 1 fully saturated rings. The first-order chi connectivity index (χ1) is 15.6. The second-order valence-corrected chi connectivity index (χ2v) is 7.87. The number of rotatable bonds is 4. The average molecular weight is 436 g/mol. The third kappa shape index (κ3) is 3.78. The van der Waals surface area contributed by atoms with Gasteiger partial charge in [-0.25, -0.2) is 0 Å². The van der Waals surface area contributed by atoms with Gasteiger partial charge in [0.05, 0.1) is 6.54 Å². The molecule has 2 aliphatic rings. The molecule has 8 nitrogen and oxygen atoms in total. The number of fused-ring (bicyclic) bond motifs is 1. The van der Waals surface area contributed by atoms with Gasteiger partial charge in [-0.3, -0.25) is 4.79 Å². The first-order valence-electron chi connectivity index (χ1n) is 10.7. The first kappa shape index (κ1) is 20.4. The Hall–Kier alpha value is -3.52. The van der Waals surface area contributed by atoms with Gasteiger partial charge < -0.3 is 28.7 Å². The summed E-state index contributed by atoms with van der Waals surface area (Å²) < 4.78 is 22.7. The molecule has 1 amide bonds. The van der Waals surface area contributed by atoms with Crippen molar-refractivity contribution in [3.63, 3.8) is 0 Å². The Morgan fingerprint density at radius 3 is 2.75 bits per heavy atom. The van der Waals surface area contributed by atoms with E-state index in [0.717, 1.165) is 5.56 Å². The number of likely N-dealkylation sites (tertiary alicyclic amines) is 1. The summed E-state index contributed by atoms with van der Waals surface area (Å²) in [5, 5.41) is 14.9. The van der Waals surface area contributed by atoms with Crippen LogP contribution in [-0.4, -0.2) is 59.6 Å². The lowest BCUT2D eigenvalue weighted by Gasteiger charge is -2.36. The zero-order chi connectivity index (χ0) is 22.1. The highest BCUT2D eigenvalue weighted by atomic mass is 16.6. The van der Waals surface area contributed by atoms with E-state index in [2.05, 4.69) is 5.16 Å². The van der Waals surface area contributed by atoms with Crippen LogP contribution in [0.15, 0.2) is 53.1 Å². The Kier molecular flexibility index (Phi) is 5.45. The zero-order valence-electron chi connectivity index (χ0n) is 17.7. The minimum absolute atomic E-state index is 0.148. The molecule has 3 aromatic rings. The van der Waals surface area contributed by atoms with Crippen LogP contribution in [-0.2, 0) is 0 Å². The molecule has 0 aliphatic carbocycles. The number of hydrogen-bond acceptors (Lipinski definition) is 7. The van der Waals surface area contributed by atoms with Gasteiger partial charge in [0, 0.05) is 18.5 Å². The minimum Gasteiger partial charge on any atom is -0.486 e. The highest BCUT2D eigenvalue weighted by molar-refractivity contribution is 6.00. The zero-order valence-corrected chi connectivity index (χ0v) is 17.7. The molecule has 2 aromatic carbocycles. The van der Waals surface area contributed by atoms with E-state index in [-0.39, 0.29) is 12.5 Å². The third-order valence-electron chi connectivity index (χ3n) is 5.74. The molecule has 2 atom stereocenters. The number of aliphatic hydroxyl groups excluding tert-OH is 1. The summed E-state index contributed by atoms with van der Waals surface area (Å²) in [6, 6.07) is 14.9. The molecule has 8 heteroatoms. The standard InChI is InChI=1S/C24H24N2O6/c1-15-21(22(25-32-15)16-6-3-2-4-7-16)24(28)26-11-10-18(17(27)14-26)31-20-9-5-8-19-23(20)30-13-12-29-19/h2-9,17-18,27H,10-14H2,1H3/t17-,18-/m1/s1. The van der Waals surface area contributed by atoms with Crippen molar-refractivity contribution in [3.8, 4) is 28.5 Å². The molecule has 1 N–H and O–H groups in total. The van der Waals surface area contributed by atoms with Crippen LogP contribution < -0.4 is 14.2 Å². The quantitative estimate of drug-likeness (QED) is 0.672. The highest BCUT2D eigenvalue weighted by Gasteiger charge is 2.35. The summed E-state index contributed by atoms with van der Waals surface area (Å²) in [6.45, 7) is 3.25. The number of aromatic nitrogens is 1. The van der Waals surface area contributed by atoms with Gasteiger partial charge in [-0.1, -0.05) is 41.6 Å². The van der Waals surface area contributed by atoms with Crippen LogP contribution in [0.2, 0.25) is 0 Å². The normalized spacial score (nSPS) is 20.1. The van der Waals surface area contributed by atoms with Crippen LogP contribution in [0.25, 0.3) is 11.3 Å². The van der Waals surface area contributed by atoms with Crippen LogP contribution in [0.1, 0.15) is 22.5 Å². The van der Waals surface area contributed by atoms with E-state index in [1.54, 1.807) is 17.9 Å². The maximum Gasteiger partial charge on any atom is 0.259 e. The van der Waals surface area contributed by atoms with E-state index in [9.17, 15) is 9.90 Å². The van der Waals surface area contributed by atoms with Gasteiger partial charge in [-0.15, -0.1) is 0 Å². The molecule has 32 heavy (non-hydrogen) atoms. The van der Waals surface area contributed by atoms with Crippen LogP contribution >= 0.6 is 0 Å². The predicted octanol–water partition coefficient (Wildman–Crippen LogP) is 3.08. The smallest absolute Gasteiger partial charge is 0.259 e. The molecule has 2 aliphatic heterocycles. The number of carbonyl (C=O) groups is 1. The van der Waals surface area contributed by atoms with E-state index in [1.807, 2.05) is 42.5 Å². The van der Waals surface area contributed by atoms with Crippen molar-refractivity contribution >= 4 is 5.91 Å². The Labute approximate surface area is 185 Å². The SMILES string of the molecule is Cc1onc(-c2ccccc2)c1C(=O)N1CC[C@@H](Oc2cccc3c2OCCO3)[C@H](O)C1. The van der Waals surface area contributed by atoms with Crippen LogP contribution in [0, 0.1) is 6.92 Å². The monoisotopic (exact) mass is 436 g/mol. The molecule has 0 saturated carbocycles. The maximum atomic E-state index is 13.3. The summed E-state index contributed by atoms with van der Waals surface area (Å²) in [5.41, 5.74) is 1.74. The summed E-state index contributed by atoms with van der Waals surface area (Å²) in [6.07, 6.45) is -0.843. The van der Waals surface area contributed by atoms with E-state index in [0.29, 0.717) is 60.4 Å². The number of para-hydroxylation sites is 1. The number of benzene rings is 2. The topological polar surface area (TPSA) is 94.3 Å². The van der Waals surface area contributed by atoms with Gasteiger partial charge in [0.15, 0.2) is 11.5 Å². The van der Waals surface area contributed by atoms with Crippen LogP contribution in [0.4, 0.5) is 0 Å². The number of β-amino-alcohol motifs (C(OH)–C–C–N with tert-alkyl or cyclic N) is 1. The molecule has 3 heterocycles. The van der Waals surface area contributed by atoms with Gasteiger partial charge in [-0.2, -0.15) is 0 Å². The lowest BCUT2D eigenvalue weighted by Crippen LogP contribution is -2.51. The highest BCUT2D eigenvalue weighted by Crippen LogP contribution is 2.40. The lowest BCUT2D eigenvalue weighted by molar-refractivity contribution is -0.0214. The number of carbonyl (C=O) groups excluding carboxylic acids is 1. The molecule has 0 bridgehead atoms. The van der Waals surface area contributed by atoms with Crippen molar-refractivity contribution in [2.75, 3.05) is 26.3 Å². The Balaban J connectivity index is 1.31. The van der Waals surface area contributed by atoms with E-state index in [4.69, 9.17) is 18.7 Å². The van der Waals surface area contributed by atoms with Crippen molar-refractivity contribution < 1.29 is 28.6 Å². The number of aryl methyl sites for hydroxylation is 1. The second-order valence-electron chi connectivity index (χ2n) is 7.87. The van der Waals surface area contributed by atoms with Crippen molar-refractivity contribution in [1.29, 1.82) is 0 Å². The van der Waals surface area contributed by atoms with Crippen molar-refractivity contribution in [2.24, 2.45) is 0 Å². The molecule has 5 rings (SSSR count). The summed E-state index contributed by atoms with van der Waals surface area (Å²) in [5.74, 6) is 1.96. The maximum absolute atomic E-state index is 13.3. The Morgan fingerprint density at radius 2 is 1.94 bits per heavy atom. The van der Waals surface area contributed by atoms with E-state index >= 15 is 0 Å². The van der Waals surface area contributed by atoms with Gasteiger partial charge in [0.25, 0.3) is 5.91 Å². The number of amides is 1. The first-order valence-corrected chi connectivity index (χ1v) is 10.7. The molecule has 0 unspecified atom stereocenters. The molecular weight excluding hydrogens is 412 g/mol. The lowest BCUT2D eigenvalue weighted by atomic mass is 10.0. The molecule has 166 valence electrons.